The highest BCUT2D eigenvalue weighted by molar-refractivity contribution is 6.29. The molecule has 0 amide bonds. The van der Waals surface area contributed by atoms with Gasteiger partial charge in [-0.15, -0.1) is 0 Å². The van der Waals surface area contributed by atoms with E-state index in [2.05, 4.69) is 20.1 Å². The molecule has 0 bridgehead atoms. The van der Waals surface area contributed by atoms with Gasteiger partial charge in [0.2, 0.25) is 0 Å². The first-order valence-electron chi connectivity index (χ1n) is 6.59. The van der Waals surface area contributed by atoms with E-state index < -0.39 is 0 Å². The number of nitrogens with zero attached hydrogens (tertiary/aromatic N) is 5. The minimum absolute atomic E-state index is 0.112. The monoisotopic (exact) mass is 285 g/mol. The third-order valence-electron chi connectivity index (χ3n) is 3.60. The smallest absolute Gasteiger partial charge is 0.178 e. The van der Waals surface area contributed by atoms with E-state index in [1.165, 1.54) is 12.8 Å². The lowest BCUT2D eigenvalue weighted by molar-refractivity contribution is 0.471. The maximum atomic E-state index is 5.96. The van der Waals surface area contributed by atoms with E-state index in [4.69, 9.17) is 11.6 Å². The van der Waals surface area contributed by atoms with E-state index in [-0.39, 0.29) is 6.04 Å². The van der Waals surface area contributed by atoms with Crippen LogP contribution in [-0.4, -0.2) is 24.7 Å². The molecular weight excluding hydrogens is 274 g/mol. The van der Waals surface area contributed by atoms with Crippen LogP contribution < -0.4 is 0 Å². The highest BCUT2D eigenvalue weighted by atomic mass is 35.5. The summed E-state index contributed by atoms with van der Waals surface area (Å²) < 4.78 is 1.91. The Hall–Kier alpha value is -2.01. The maximum Gasteiger partial charge on any atom is 0.178 e. The number of hydrogen-bond donors (Lipinski definition) is 0. The third-order valence-corrected chi connectivity index (χ3v) is 3.78. The quantitative estimate of drug-likeness (QED) is 0.742. The van der Waals surface area contributed by atoms with Gasteiger partial charge in [-0.25, -0.2) is 14.6 Å². The van der Waals surface area contributed by atoms with Crippen LogP contribution in [0.2, 0.25) is 5.15 Å². The van der Waals surface area contributed by atoms with E-state index in [1.54, 1.807) is 12.4 Å². The second-order valence-corrected chi connectivity index (χ2v) is 5.41. The van der Waals surface area contributed by atoms with Crippen LogP contribution in [0.1, 0.15) is 24.6 Å². The summed E-state index contributed by atoms with van der Waals surface area (Å²) in [6.45, 7) is 0. The molecule has 0 aromatic carbocycles. The number of rotatable bonds is 3. The van der Waals surface area contributed by atoms with Crippen LogP contribution in [0.25, 0.3) is 11.2 Å². The molecule has 0 spiro atoms. The van der Waals surface area contributed by atoms with Crippen molar-refractivity contribution in [3.63, 3.8) is 0 Å². The van der Waals surface area contributed by atoms with Crippen LogP contribution in [0.15, 0.2) is 36.8 Å². The average molecular weight is 286 g/mol. The topological polar surface area (TPSA) is 56.5 Å². The minimum atomic E-state index is 0.112. The zero-order chi connectivity index (χ0) is 13.5. The fourth-order valence-electron chi connectivity index (χ4n) is 2.53. The van der Waals surface area contributed by atoms with E-state index in [9.17, 15) is 0 Å². The van der Waals surface area contributed by atoms with Crippen LogP contribution in [0, 0.1) is 5.92 Å². The molecule has 0 radical (unpaired) electrons. The van der Waals surface area contributed by atoms with Crippen molar-refractivity contribution in [3.8, 4) is 0 Å². The average Bonchev–Trinajstić information content (AvgIpc) is 3.22. The Labute approximate surface area is 120 Å². The molecule has 1 saturated carbocycles. The van der Waals surface area contributed by atoms with Gasteiger partial charge in [-0.1, -0.05) is 17.7 Å². The molecule has 1 fully saturated rings. The van der Waals surface area contributed by atoms with Gasteiger partial charge in [-0.05, 0) is 30.9 Å². The molecule has 0 N–H and O–H groups in total. The summed E-state index contributed by atoms with van der Waals surface area (Å²) in [4.78, 5) is 13.1. The maximum absolute atomic E-state index is 5.96. The highest BCUT2D eigenvalue weighted by Crippen LogP contribution is 2.43. The summed E-state index contributed by atoms with van der Waals surface area (Å²) >= 11 is 5.96. The molecule has 0 saturated heterocycles. The summed E-state index contributed by atoms with van der Waals surface area (Å²) in [6.07, 6.45) is 7.47. The van der Waals surface area contributed by atoms with E-state index in [0.717, 1.165) is 16.9 Å². The van der Waals surface area contributed by atoms with Gasteiger partial charge < -0.3 is 0 Å². The lowest BCUT2D eigenvalue weighted by Crippen LogP contribution is -2.16. The standard InChI is InChI=1S/C14H12ClN5/c15-12-8-17-11-7-18-20(14(11)19-12)13(9-4-5-9)10-3-1-2-6-16-10/h1-3,6-9,13H,4-5H2. The normalized spacial score (nSPS) is 16.4. The van der Waals surface area contributed by atoms with Crippen molar-refractivity contribution >= 4 is 22.8 Å². The summed E-state index contributed by atoms with van der Waals surface area (Å²) in [5.74, 6) is 0.564. The van der Waals surface area contributed by atoms with Crippen LogP contribution in [0.4, 0.5) is 0 Å². The van der Waals surface area contributed by atoms with Gasteiger partial charge in [0.1, 0.15) is 10.7 Å². The molecule has 100 valence electrons. The molecule has 1 unspecified atom stereocenters. The molecule has 3 aromatic rings. The Balaban J connectivity index is 1.88. The zero-order valence-corrected chi connectivity index (χ0v) is 11.4. The predicted molar refractivity (Wildman–Crippen MR) is 75.4 cm³/mol. The molecule has 20 heavy (non-hydrogen) atoms. The van der Waals surface area contributed by atoms with Crippen molar-refractivity contribution in [1.29, 1.82) is 0 Å². The number of aromatic nitrogens is 5. The second kappa shape index (κ2) is 4.52. The number of fused-ring (bicyclic) bond motifs is 1. The Morgan fingerprint density at radius 1 is 1.20 bits per heavy atom. The van der Waals surface area contributed by atoms with E-state index >= 15 is 0 Å². The predicted octanol–water partition coefficient (Wildman–Crippen LogP) is 2.87. The van der Waals surface area contributed by atoms with Crippen molar-refractivity contribution < 1.29 is 0 Å². The number of halogens is 1. The third kappa shape index (κ3) is 1.94. The van der Waals surface area contributed by atoms with Gasteiger partial charge in [0.05, 0.1) is 24.1 Å². The van der Waals surface area contributed by atoms with Gasteiger partial charge >= 0.3 is 0 Å². The molecule has 1 aliphatic carbocycles. The lowest BCUT2D eigenvalue weighted by Gasteiger charge is -2.16. The Morgan fingerprint density at radius 2 is 2.10 bits per heavy atom. The second-order valence-electron chi connectivity index (χ2n) is 5.03. The van der Waals surface area contributed by atoms with Crippen LogP contribution in [0.3, 0.4) is 0 Å². The van der Waals surface area contributed by atoms with E-state index in [0.29, 0.717) is 11.1 Å². The largest absolute Gasteiger partial charge is 0.259 e. The Bertz CT molecular complexity index is 751. The van der Waals surface area contributed by atoms with Gasteiger partial charge in [0, 0.05) is 6.20 Å². The fraction of sp³-hybridized carbons (Fsp3) is 0.286. The van der Waals surface area contributed by atoms with Gasteiger partial charge in [-0.2, -0.15) is 5.10 Å². The van der Waals surface area contributed by atoms with Gasteiger partial charge in [0.15, 0.2) is 5.65 Å². The zero-order valence-electron chi connectivity index (χ0n) is 10.6. The van der Waals surface area contributed by atoms with Crippen LogP contribution in [0.5, 0.6) is 0 Å². The van der Waals surface area contributed by atoms with Crippen molar-refractivity contribution in [1.82, 2.24) is 24.7 Å². The Morgan fingerprint density at radius 3 is 2.85 bits per heavy atom. The summed E-state index contributed by atoms with van der Waals surface area (Å²) in [5.41, 5.74) is 2.50. The van der Waals surface area contributed by atoms with Gasteiger partial charge in [-0.3, -0.25) is 4.98 Å². The van der Waals surface area contributed by atoms with E-state index in [1.807, 2.05) is 29.1 Å². The van der Waals surface area contributed by atoms with Crippen molar-refractivity contribution in [2.75, 3.05) is 0 Å². The number of pyridine rings is 1. The molecule has 4 rings (SSSR count). The van der Waals surface area contributed by atoms with Crippen molar-refractivity contribution in [3.05, 3.63) is 47.6 Å². The molecule has 0 aliphatic heterocycles. The molecular formula is C14H12ClN5. The SMILES string of the molecule is Clc1cnc2cnn(C(c3ccccn3)C3CC3)c2n1. The van der Waals surface area contributed by atoms with Crippen LogP contribution in [-0.2, 0) is 0 Å². The molecule has 5 nitrogen and oxygen atoms in total. The van der Waals surface area contributed by atoms with Crippen molar-refractivity contribution in [2.45, 2.75) is 18.9 Å². The summed E-state index contributed by atoms with van der Waals surface area (Å²) in [7, 11) is 0. The molecule has 1 aliphatic rings. The van der Waals surface area contributed by atoms with Crippen molar-refractivity contribution in [2.24, 2.45) is 5.92 Å². The van der Waals surface area contributed by atoms with Crippen LogP contribution >= 0.6 is 11.6 Å². The lowest BCUT2D eigenvalue weighted by atomic mass is 10.1. The Kier molecular flexibility index (Phi) is 2.67. The first-order valence-corrected chi connectivity index (χ1v) is 6.97. The summed E-state index contributed by atoms with van der Waals surface area (Å²) in [6, 6.07) is 6.07. The molecule has 3 heterocycles. The first kappa shape index (κ1) is 11.8. The molecule has 6 heteroatoms. The highest BCUT2D eigenvalue weighted by Gasteiger charge is 2.36. The minimum Gasteiger partial charge on any atom is -0.259 e. The first-order chi connectivity index (χ1) is 9.83. The number of hydrogen-bond acceptors (Lipinski definition) is 4. The molecule has 1 atom stereocenters. The fourth-order valence-corrected chi connectivity index (χ4v) is 2.66. The summed E-state index contributed by atoms with van der Waals surface area (Å²) in [5, 5.41) is 4.85. The molecule has 3 aromatic heterocycles. The van der Waals surface area contributed by atoms with Gasteiger partial charge in [0.25, 0.3) is 0 Å².